The Labute approximate surface area is 107 Å². The molecule has 1 aromatic carbocycles. The summed E-state index contributed by atoms with van der Waals surface area (Å²) in [6.07, 6.45) is 8.85. The fourth-order valence-corrected chi connectivity index (χ4v) is 1.62. The third-order valence-electron chi connectivity index (χ3n) is 2.52. The number of nitrogens with zero attached hydrogens (tertiary/aromatic N) is 2. The molecule has 0 unspecified atom stereocenters. The molecule has 2 nitrogen and oxygen atoms in total. The SMILES string of the molecule is CCCC[n+]1ccn(-c2ccccc2)c1.[Br-]. The highest BCUT2D eigenvalue weighted by Crippen LogP contribution is 2.04. The zero-order valence-corrected chi connectivity index (χ0v) is 11.1. The quantitative estimate of drug-likeness (QED) is 0.673. The lowest BCUT2D eigenvalue weighted by atomic mass is 10.3. The van der Waals surface area contributed by atoms with Crippen molar-refractivity contribution in [3.63, 3.8) is 0 Å². The predicted molar refractivity (Wildman–Crippen MR) is 60.9 cm³/mol. The van der Waals surface area contributed by atoms with Crippen molar-refractivity contribution in [2.45, 2.75) is 26.3 Å². The van der Waals surface area contributed by atoms with Crippen LogP contribution < -0.4 is 21.5 Å². The maximum absolute atomic E-state index is 2.23. The molecule has 0 amide bonds. The van der Waals surface area contributed by atoms with Crippen molar-refractivity contribution in [1.29, 1.82) is 0 Å². The summed E-state index contributed by atoms with van der Waals surface area (Å²) < 4.78 is 4.38. The summed E-state index contributed by atoms with van der Waals surface area (Å²) in [6, 6.07) is 10.4. The maximum Gasteiger partial charge on any atom is 0.248 e. The van der Waals surface area contributed by atoms with Gasteiger partial charge in [0.05, 0.1) is 6.54 Å². The lowest BCUT2D eigenvalue weighted by Gasteiger charge is -1.94. The summed E-state index contributed by atoms with van der Waals surface area (Å²) in [5.74, 6) is 0. The molecule has 0 aliphatic heterocycles. The summed E-state index contributed by atoms with van der Waals surface area (Å²) in [4.78, 5) is 0. The van der Waals surface area contributed by atoms with Crippen LogP contribution in [0.4, 0.5) is 0 Å². The van der Waals surface area contributed by atoms with Crippen LogP contribution in [-0.4, -0.2) is 4.57 Å². The van der Waals surface area contributed by atoms with Gasteiger partial charge in [0.15, 0.2) is 0 Å². The Balaban J connectivity index is 0.00000128. The predicted octanol–water partition coefficient (Wildman–Crippen LogP) is -0.431. The van der Waals surface area contributed by atoms with Crippen LogP contribution in [0.1, 0.15) is 19.8 Å². The number of aromatic nitrogens is 2. The number of para-hydroxylation sites is 1. The molecule has 0 radical (unpaired) electrons. The van der Waals surface area contributed by atoms with E-state index in [9.17, 15) is 0 Å². The highest BCUT2D eigenvalue weighted by atomic mass is 79.9. The van der Waals surface area contributed by atoms with Gasteiger partial charge in [-0.2, -0.15) is 0 Å². The van der Waals surface area contributed by atoms with Gasteiger partial charge in [-0.15, -0.1) is 0 Å². The van der Waals surface area contributed by atoms with Crippen molar-refractivity contribution < 1.29 is 21.5 Å². The van der Waals surface area contributed by atoms with Gasteiger partial charge < -0.3 is 17.0 Å². The van der Waals surface area contributed by atoms with Gasteiger partial charge in [0.2, 0.25) is 6.33 Å². The van der Waals surface area contributed by atoms with Gasteiger partial charge in [-0.05, 0) is 18.6 Å². The molecular formula is C13H17BrN2. The second kappa shape index (κ2) is 6.48. The van der Waals surface area contributed by atoms with Crippen molar-refractivity contribution in [2.75, 3.05) is 0 Å². The monoisotopic (exact) mass is 280 g/mol. The number of aryl methyl sites for hydroxylation is 1. The van der Waals surface area contributed by atoms with E-state index in [1.165, 1.54) is 18.5 Å². The van der Waals surface area contributed by atoms with Crippen LogP contribution in [0.5, 0.6) is 0 Å². The van der Waals surface area contributed by atoms with Crippen LogP contribution in [0.15, 0.2) is 49.1 Å². The molecule has 2 rings (SSSR count). The van der Waals surface area contributed by atoms with E-state index in [0.29, 0.717) is 0 Å². The lowest BCUT2D eigenvalue weighted by Crippen LogP contribution is -3.00. The van der Waals surface area contributed by atoms with Gasteiger partial charge >= 0.3 is 0 Å². The first-order chi connectivity index (χ1) is 7.40. The van der Waals surface area contributed by atoms with E-state index >= 15 is 0 Å². The maximum atomic E-state index is 2.23. The third kappa shape index (κ3) is 3.20. The van der Waals surface area contributed by atoms with Crippen LogP contribution in [0.3, 0.4) is 0 Å². The van der Waals surface area contributed by atoms with E-state index in [0.717, 1.165) is 6.54 Å². The average Bonchev–Trinajstić information content (AvgIpc) is 2.76. The molecule has 0 spiro atoms. The van der Waals surface area contributed by atoms with E-state index in [1.54, 1.807) is 0 Å². The number of imidazole rings is 1. The Morgan fingerprint density at radius 3 is 2.62 bits per heavy atom. The molecule has 1 heterocycles. The Morgan fingerprint density at radius 2 is 1.94 bits per heavy atom. The van der Waals surface area contributed by atoms with Crippen LogP contribution in [0.25, 0.3) is 5.69 Å². The molecule has 0 aliphatic rings. The third-order valence-corrected chi connectivity index (χ3v) is 2.52. The van der Waals surface area contributed by atoms with E-state index in [2.05, 4.69) is 59.0 Å². The molecular weight excluding hydrogens is 264 g/mol. The van der Waals surface area contributed by atoms with Crippen LogP contribution in [0, 0.1) is 0 Å². The first-order valence-electron chi connectivity index (χ1n) is 5.52. The van der Waals surface area contributed by atoms with Crippen molar-refractivity contribution in [1.82, 2.24) is 4.57 Å². The fourth-order valence-electron chi connectivity index (χ4n) is 1.62. The summed E-state index contributed by atoms with van der Waals surface area (Å²) in [6.45, 7) is 3.32. The second-order valence-electron chi connectivity index (χ2n) is 3.75. The zero-order valence-electron chi connectivity index (χ0n) is 9.51. The Morgan fingerprint density at radius 1 is 1.19 bits per heavy atom. The van der Waals surface area contributed by atoms with E-state index in [4.69, 9.17) is 0 Å². The highest BCUT2D eigenvalue weighted by Gasteiger charge is 2.04. The molecule has 1 aromatic heterocycles. The standard InChI is InChI=1S/C13H17N2.BrH/c1-2-3-9-14-10-11-15(12-14)13-7-5-4-6-8-13;/h4-8,10-12H,2-3,9H2,1H3;1H/q+1;/p-1. The van der Waals surface area contributed by atoms with E-state index in [1.807, 2.05) is 6.07 Å². The van der Waals surface area contributed by atoms with E-state index < -0.39 is 0 Å². The van der Waals surface area contributed by atoms with Crippen molar-refractivity contribution in [3.05, 3.63) is 49.1 Å². The van der Waals surface area contributed by atoms with Crippen LogP contribution in [-0.2, 0) is 6.54 Å². The molecule has 0 N–H and O–H groups in total. The van der Waals surface area contributed by atoms with Crippen molar-refractivity contribution >= 4 is 0 Å². The summed E-state index contributed by atoms with van der Waals surface area (Å²) in [5, 5.41) is 0. The smallest absolute Gasteiger partial charge is 0.248 e. The first kappa shape index (κ1) is 13.0. The fraction of sp³-hybridized carbons (Fsp3) is 0.308. The van der Waals surface area contributed by atoms with Gasteiger partial charge in [0.25, 0.3) is 0 Å². The molecule has 0 aliphatic carbocycles. The number of halogens is 1. The Hall–Kier alpha value is -1.09. The first-order valence-corrected chi connectivity index (χ1v) is 5.52. The van der Waals surface area contributed by atoms with Gasteiger partial charge in [-0.25, -0.2) is 9.13 Å². The number of hydrogen-bond donors (Lipinski definition) is 0. The van der Waals surface area contributed by atoms with E-state index in [-0.39, 0.29) is 17.0 Å². The molecule has 0 bridgehead atoms. The summed E-state index contributed by atoms with van der Waals surface area (Å²) >= 11 is 0. The molecule has 0 fully saturated rings. The topological polar surface area (TPSA) is 8.81 Å². The summed E-state index contributed by atoms with van der Waals surface area (Å²) in [7, 11) is 0. The van der Waals surface area contributed by atoms with Gasteiger partial charge in [-0.1, -0.05) is 31.5 Å². The number of unbranched alkanes of at least 4 members (excludes halogenated alkanes) is 1. The molecule has 2 aromatic rings. The largest absolute Gasteiger partial charge is 1.00 e. The Bertz CT molecular complexity index is 409. The van der Waals surface area contributed by atoms with Crippen molar-refractivity contribution in [3.8, 4) is 5.69 Å². The number of rotatable bonds is 4. The lowest BCUT2D eigenvalue weighted by molar-refractivity contribution is -0.696. The normalized spacial score (nSPS) is 9.81. The van der Waals surface area contributed by atoms with Crippen LogP contribution in [0.2, 0.25) is 0 Å². The Kier molecular flexibility index (Phi) is 5.26. The molecule has 0 saturated heterocycles. The minimum Gasteiger partial charge on any atom is -1.00 e. The highest BCUT2D eigenvalue weighted by molar-refractivity contribution is 5.30. The summed E-state index contributed by atoms with van der Waals surface area (Å²) in [5.41, 5.74) is 1.22. The van der Waals surface area contributed by atoms with Gasteiger partial charge in [0, 0.05) is 0 Å². The van der Waals surface area contributed by atoms with Gasteiger partial charge in [0.1, 0.15) is 18.1 Å². The molecule has 16 heavy (non-hydrogen) atoms. The van der Waals surface area contributed by atoms with Crippen molar-refractivity contribution in [2.24, 2.45) is 0 Å². The second-order valence-corrected chi connectivity index (χ2v) is 3.75. The number of hydrogen-bond acceptors (Lipinski definition) is 0. The molecule has 3 heteroatoms. The minimum absolute atomic E-state index is 0. The van der Waals surface area contributed by atoms with Crippen LogP contribution >= 0.6 is 0 Å². The number of benzene rings is 1. The molecule has 0 saturated carbocycles. The molecule has 0 atom stereocenters. The average molecular weight is 281 g/mol. The zero-order chi connectivity index (χ0) is 10.5. The molecule has 86 valence electrons. The minimum atomic E-state index is 0. The van der Waals surface area contributed by atoms with Gasteiger partial charge in [-0.3, -0.25) is 0 Å².